The van der Waals surface area contributed by atoms with E-state index < -0.39 is 0 Å². The van der Waals surface area contributed by atoms with Crippen LogP contribution in [0.3, 0.4) is 0 Å². The SMILES string of the molecule is CC(C)C(=O)c1ccc2c(c1)CCN(CCC1CCC(NC(=O)C=CC(=O)c3ccccc3)CC1)CC2. The summed E-state index contributed by atoms with van der Waals surface area (Å²) in [6.07, 6.45) is 10.2. The quantitative estimate of drug-likeness (QED) is 0.368. The van der Waals surface area contributed by atoms with Gasteiger partial charge in [0.15, 0.2) is 11.6 Å². The van der Waals surface area contributed by atoms with Gasteiger partial charge >= 0.3 is 0 Å². The molecular formula is C32H40N2O3. The summed E-state index contributed by atoms with van der Waals surface area (Å²) in [5, 5.41) is 3.08. The monoisotopic (exact) mass is 500 g/mol. The molecule has 1 saturated carbocycles. The number of nitrogens with one attached hydrogen (secondary N) is 1. The van der Waals surface area contributed by atoms with Gasteiger partial charge in [0.05, 0.1) is 0 Å². The summed E-state index contributed by atoms with van der Waals surface area (Å²) in [6, 6.07) is 15.5. The highest BCUT2D eigenvalue weighted by molar-refractivity contribution is 6.07. The van der Waals surface area contributed by atoms with Crippen LogP contribution in [0.5, 0.6) is 0 Å². The van der Waals surface area contributed by atoms with Gasteiger partial charge in [-0.15, -0.1) is 0 Å². The number of hydrogen-bond acceptors (Lipinski definition) is 4. The van der Waals surface area contributed by atoms with E-state index in [0.29, 0.717) is 11.5 Å². The van der Waals surface area contributed by atoms with Crippen LogP contribution in [0.1, 0.15) is 77.8 Å². The number of ketones is 2. The number of hydrogen-bond donors (Lipinski definition) is 1. The van der Waals surface area contributed by atoms with Gasteiger partial charge in [0.25, 0.3) is 0 Å². The molecule has 1 aliphatic carbocycles. The van der Waals surface area contributed by atoms with Crippen molar-refractivity contribution < 1.29 is 14.4 Å². The standard InChI is InChI=1S/C32H40N2O3/c1-23(2)32(37)28-11-10-25-17-20-34(21-18-27(25)22-28)19-16-24-8-12-29(13-9-24)33-31(36)15-14-30(35)26-6-4-3-5-7-26/h3-7,10-11,14-15,22-24,29H,8-9,12-13,16-21H2,1-2H3,(H,33,36). The minimum atomic E-state index is -0.185. The Bertz CT molecular complexity index is 1110. The summed E-state index contributed by atoms with van der Waals surface area (Å²) in [7, 11) is 0. The summed E-state index contributed by atoms with van der Waals surface area (Å²) in [5.74, 6) is 0.622. The second-order valence-corrected chi connectivity index (χ2v) is 10.9. The third kappa shape index (κ3) is 7.72. The third-order valence-corrected chi connectivity index (χ3v) is 7.90. The molecule has 4 rings (SSSR count). The zero-order chi connectivity index (χ0) is 26.2. The number of carbonyl (C=O) groups excluding carboxylic acids is 3. The van der Waals surface area contributed by atoms with Crippen molar-refractivity contribution in [3.8, 4) is 0 Å². The lowest BCUT2D eigenvalue weighted by molar-refractivity contribution is -0.117. The summed E-state index contributed by atoms with van der Waals surface area (Å²) in [6.45, 7) is 7.15. The fraction of sp³-hybridized carbons (Fsp3) is 0.469. The number of allylic oxidation sites excluding steroid dienone is 1. The van der Waals surface area contributed by atoms with Gasteiger partial charge in [0, 0.05) is 42.3 Å². The van der Waals surface area contributed by atoms with Crippen LogP contribution < -0.4 is 5.32 Å². The fourth-order valence-electron chi connectivity index (χ4n) is 5.54. The number of benzene rings is 2. The largest absolute Gasteiger partial charge is 0.350 e. The first-order chi connectivity index (χ1) is 17.9. The minimum Gasteiger partial charge on any atom is -0.350 e. The molecular weight excluding hydrogens is 460 g/mol. The maximum atomic E-state index is 12.4. The van der Waals surface area contributed by atoms with Crippen molar-refractivity contribution in [3.63, 3.8) is 0 Å². The predicted octanol–water partition coefficient (Wildman–Crippen LogP) is 5.43. The third-order valence-electron chi connectivity index (χ3n) is 7.90. The molecule has 1 N–H and O–H groups in total. The number of rotatable bonds is 9. The predicted molar refractivity (Wildman–Crippen MR) is 148 cm³/mol. The normalized spacial score (nSPS) is 20.4. The Hall–Kier alpha value is -3.05. The van der Waals surface area contributed by atoms with E-state index in [1.807, 2.05) is 38.1 Å². The fourth-order valence-corrected chi connectivity index (χ4v) is 5.54. The molecule has 1 aliphatic heterocycles. The zero-order valence-electron chi connectivity index (χ0n) is 22.2. The molecule has 37 heavy (non-hydrogen) atoms. The molecule has 0 aromatic heterocycles. The molecule has 0 unspecified atom stereocenters. The highest BCUT2D eigenvalue weighted by atomic mass is 16.2. The molecule has 2 aromatic rings. The van der Waals surface area contributed by atoms with Crippen LogP contribution in [0.4, 0.5) is 0 Å². The summed E-state index contributed by atoms with van der Waals surface area (Å²) < 4.78 is 0. The first-order valence-corrected chi connectivity index (χ1v) is 13.9. The molecule has 5 heteroatoms. The molecule has 0 atom stereocenters. The van der Waals surface area contributed by atoms with Gasteiger partial charge < -0.3 is 10.2 Å². The van der Waals surface area contributed by atoms with E-state index in [2.05, 4.69) is 22.3 Å². The highest BCUT2D eigenvalue weighted by Crippen LogP contribution is 2.28. The van der Waals surface area contributed by atoms with E-state index in [1.165, 1.54) is 29.7 Å². The van der Waals surface area contributed by atoms with Gasteiger partial charge in [-0.1, -0.05) is 56.3 Å². The number of amides is 1. The Morgan fingerprint density at radius 3 is 2.30 bits per heavy atom. The smallest absolute Gasteiger partial charge is 0.244 e. The van der Waals surface area contributed by atoms with Crippen molar-refractivity contribution in [3.05, 3.63) is 82.9 Å². The summed E-state index contributed by atoms with van der Waals surface area (Å²) in [5.41, 5.74) is 4.17. The van der Waals surface area contributed by atoms with E-state index in [-0.39, 0.29) is 29.4 Å². The lowest BCUT2D eigenvalue weighted by Crippen LogP contribution is -2.37. The van der Waals surface area contributed by atoms with Crippen molar-refractivity contribution in [1.29, 1.82) is 0 Å². The zero-order valence-corrected chi connectivity index (χ0v) is 22.2. The van der Waals surface area contributed by atoms with Gasteiger partial charge in [0.1, 0.15) is 0 Å². The van der Waals surface area contributed by atoms with Crippen LogP contribution >= 0.6 is 0 Å². The highest BCUT2D eigenvalue weighted by Gasteiger charge is 2.23. The minimum absolute atomic E-state index is 0.0315. The summed E-state index contributed by atoms with van der Waals surface area (Å²) >= 11 is 0. The summed E-state index contributed by atoms with van der Waals surface area (Å²) in [4.78, 5) is 39.4. The molecule has 0 spiro atoms. The Kier molecular flexibility index (Phi) is 9.45. The molecule has 196 valence electrons. The Labute approximate surface area is 221 Å². The van der Waals surface area contributed by atoms with Crippen LogP contribution in [-0.2, 0) is 17.6 Å². The lowest BCUT2D eigenvalue weighted by Gasteiger charge is -2.30. The molecule has 5 nitrogen and oxygen atoms in total. The molecule has 2 aliphatic rings. The number of nitrogens with zero attached hydrogens (tertiary/aromatic N) is 1. The van der Waals surface area contributed by atoms with E-state index >= 15 is 0 Å². The molecule has 1 heterocycles. The van der Waals surface area contributed by atoms with Crippen LogP contribution in [0.25, 0.3) is 0 Å². The molecule has 2 aromatic carbocycles. The molecule has 0 radical (unpaired) electrons. The van der Waals surface area contributed by atoms with Crippen LogP contribution in [0, 0.1) is 11.8 Å². The molecule has 1 amide bonds. The second kappa shape index (κ2) is 13.0. The maximum Gasteiger partial charge on any atom is 0.244 e. The van der Waals surface area contributed by atoms with Gasteiger partial charge in [-0.2, -0.15) is 0 Å². The van der Waals surface area contributed by atoms with Crippen molar-refractivity contribution in [2.45, 2.75) is 64.8 Å². The van der Waals surface area contributed by atoms with E-state index in [9.17, 15) is 14.4 Å². The van der Waals surface area contributed by atoms with E-state index in [0.717, 1.165) is 63.7 Å². The lowest BCUT2D eigenvalue weighted by atomic mass is 9.84. The van der Waals surface area contributed by atoms with Gasteiger partial charge in [-0.25, -0.2) is 0 Å². The molecule has 1 fully saturated rings. The maximum absolute atomic E-state index is 12.4. The van der Waals surface area contributed by atoms with Crippen LogP contribution in [0.2, 0.25) is 0 Å². The Morgan fingerprint density at radius 2 is 1.59 bits per heavy atom. The average Bonchev–Trinajstić information content (AvgIpc) is 3.13. The van der Waals surface area contributed by atoms with Crippen LogP contribution in [-0.4, -0.2) is 48.0 Å². The van der Waals surface area contributed by atoms with Gasteiger partial charge in [-0.3, -0.25) is 14.4 Å². The van der Waals surface area contributed by atoms with Crippen molar-refractivity contribution in [2.24, 2.45) is 11.8 Å². The number of carbonyl (C=O) groups is 3. The number of Topliss-reactive ketones (excluding diaryl/α,β-unsaturated/α-hetero) is 1. The molecule has 0 saturated heterocycles. The van der Waals surface area contributed by atoms with Crippen molar-refractivity contribution in [1.82, 2.24) is 10.2 Å². The Morgan fingerprint density at radius 1 is 0.892 bits per heavy atom. The second-order valence-electron chi connectivity index (χ2n) is 10.9. The van der Waals surface area contributed by atoms with E-state index in [1.54, 1.807) is 12.1 Å². The Balaban J connectivity index is 1.17. The van der Waals surface area contributed by atoms with Gasteiger partial charge in [-0.05, 0) is 80.7 Å². The number of fused-ring (bicyclic) bond motifs is 1. The van der Waals surface area contributed by atoms with Gasteiger partial charge in [0.2, 0.25) is 5.91 Å². The van der Waals surface area contributed by atoms with Crippen molar-refractivity contribution >= 4 is 17.5 Å². The first-order valence-electron chi connectivity index (χ1n) is 13.9. The average molecular weight is 501 g/mol. The molecule has 0 bridgehead atoms. The first kappa shape index (κ1) is 27.0. The van der Waals surface area contributed by atoms with Crippen LogP contribution in [0.15, 0.2) is 60.7 Å². The van der Waals surface area contributed by atoms with E-state index in [4.69, 9.17) is 0 Å². The topological polar surface area (TPSA) is 66.5 Å². The van der Waals surface area contributed by atoms with Crippen molar-refractivity contribution in [2.75, 3.05) is 19.6 Å².